The van der Waals surface area contributed by atoms with E-state index in [4.69, 9.17) is 4.74 Å². The maximum absolute atomic E-state index is 12.9. The van der Waals surface area contributed by atoms with Crippen molar-refractivity contribution in [2.24, 2.45) is 11.3 Å². The van der Waals surface area contributed by atoms with E-state index in [1.807, 2.05) is 11.0 Å². The van der Waals surface area contributed by atoms with Crippen LogP contribution in [0.15, 0.2) is 12.7 Å². The molecule has 2 saturated heterocycles. The zero-order chi connectivity index (χ0) is 15.6. The van der Waals surface area contributed by atoms with Gasteiger partial charge in [0.15, 0.2) is 0 Å². The minimum Gasteiger partial charge on any atom is -0.379 e. The summed E-state index contributed by atoms with van der Waals surface area (Å²) in [6.45, 7) is 9.85. The largest absolute Gasteiger partial charge is 0.379 e. The molecule has 124 valence electrons. The minimum atomic E-state index is -0.757. The van der Waals surface area contributed by atoms with E-state index in [1.165, 1.54) is 0 Å². The molecule has 3 aliphatic rings. The Morgan fingerprint density at radius 3 is 2.68 bits per heavy atom. The highest BCUT2D eigenvalue weighted by Gasteiger charge is 2.42. The number of amides is 1. The maximum Gasteiger partial charge on any atom is 0.225 e. The van der Waals surface area contributed by atoms with Crippen molar-refractivity contribution in [1.29, 1.82) is 0 Å². The van der Waals surface area contributed by atoms with E-state index in [9.17, 15) is 9.18 Å². The predicted octanol–water partition coefficient (Wildman–Crippen LogP) is 1.86. The number of likely N-dealkylation sites (tertiary alicyclic amines) is 1. The van der Waals surface area contributed by atoms with Crippen LogP contribution < -0.4 is 0 Å². The average Bonchev–Trinajstić information content (AvgIpc) is 2.67. The van der Waals surface area contributed by atoms with E-state index in [0.717, 1.165) is 58.8 Å². The number of hydrogen-bond acceptors (Lipinski definition) is 3. The zero-order valence-corrected chi connectivity index (χ0v) is 13.3. The highest BCUT2D eigenvalue weighted by molar-refractivity contribution is 5.80. The van der Waals surface area contributed by atoms with E-state index in [0.29, 0.717) is 12.8 Å². The molecule has 0 unspecified atom stereocenters. The van der Waals surface area contributed by atoms with Gasteiger partial charge in [-0.25, -0.2) is 4.39 Å². The Balaban J connectivity index is 1.55. The van der Waals surface area contributed by atoms with Crippen molar-refractivity contribution in [2.45, 2.75) is 31.9 Å². The van der Waals surface area contributed by atoms with Crippen molar-refractivity contribution < 1.29 is 13.9 Å². The van der Waals surface area contributed by atoms with Crippen molar-refractivity contribution >= 4 is 5.91 Å². The number of nitrogens with zero attached hydrogens (tertiary/aromatic N) is 2. The highest BCUT2D eigenvalue weighted by Crippen LogP contribution is 2.37. The molecule has 0 atom stereocenters. The molecule has 5 heteroatoms. The molecule has 0 aromatic heterocycles. The fourth-order valence-electron chi connectivity index (χ4n) is 3.93. The lowest BCUT2D eigenvalue weighted by Crippen LogP contribution is -2.51. The number of ether oxygens (including phenoxy) is 1. The fourth-order valence-corrected chi connectivity index (χ4v) is 3.93. The SMILES string of the molecule is C=CCN1CCOCC2(CCN(C(=O)C3CC(F)C3)CC2)C1. The van der Waals surface area contributed by atoms with Crippen LogP contribution in [0.3, 0.4) is 0 Å². The summed E-state index contributed by atoms with van der Waals surface area (Å²) < 4.78 is 18.8. The molecular weight excluding hydrogens is 283 g/mol. The second-order valence-corrected chi connectivity index (χ2v) is 7.17. The maximum atomic E-state index is 12.9. The Kier molecular flexibility index (Phi) is 4.83. The summed E-state index contributed by atoms with van der Waals surface area (Å²) in [5.74, 6) is 0.105. The number of hydrogen-bond donors (Lipinski definition) is 0. The third-order valence-corrected chi connectivity index (χ3v) is 5.47. The smallest absolute Gasteiger partial charge is 0.225 e. The molecule has 3 fully saturated rings. The van der Waals surface area contributed by atoms with E-state index in [-0.39, 0.29) is 17.2 Å². The molecule has 0 bridgehead atoms. The number of halogens is 1. The van der Waals surface area contributed by atoms with Gasteiger partial charge in [-0.15, -0.1) is 6.58 Å². The Morgan fingerprint density at radius 1 is 1.32 bits per heavy atom. The summed E-state index contributed by atoms with van der Waals surface area (Å²) in [5.41, 5.74) is 0.165. The molecule has 0 aromatic rings. The summed E-state index contributed by atoms with van der Waals surface area (Å²) in [6.07, 6.45) is 4.01. The minimum absolute atomic E-state index is 0.0632. The van der Waals surface area contributed by atoms with E-state index < -0.39 is 6.17 Å². The molecule has 1 amide bonds. The van der Waals surface area contributed by atoms with Crippen LogP contribution in [-0.4, -0.2) is 67.8 Å². The summed E-state index contributed by atoms with van der Waals surface area (Å²) >= 11 is 0. The van der Waals surface area contributed by atoms with Crippen molar-refractivity contribution in [1.82, 2.24) is 9.80 Å². The lowest BCUT2D eigenvalue weighted by Gasteiger charge is -2.44. The molecule has 2 heterocycles. The van der Waals surface area contributed by atoms with Gasteiger partial charge < -0.3 is 9.64 Å². The Bertz CT molecular complexity index is 415. The van der Waals surface area contributed by atoms with Crippen LogP contribution in [0.1, 0.15) is 25.7 Å². The highest BCUT2D eigenvalue weighted by atomic mass is 19.1. The van der Waals surface area contributed by atoms with E-state index in [1.54, 1.807) is 0 Å². The van der Waals surface area contributed by atoms with Crippen LogP contribution in [0.5, 0.6) is 0 Å². The standard InChI is InChI=1S/C17H27FN2O2/c1-2-5-19-8-9-22-13-17(12-19)3-6-20(7-4-17)16(21)14-10-15(18)11-14/h2,14-15H,1,3-13H2. The fraction of sp³-hybridized carbons (Fsp3) is 0.824. The zero-order valence-electron chi connectivity index (χ0n) is 13.3. The number of alkyl halides is 1. The monoisotopic (exact) mass is 310 g/mol. The summed E-state index contributed by atoms with van der Waals surface area (Å²) in [4.78, 5) is 16.7. The topological polar surface area (TPSA) is 32.8 Å². The van der Waals surface area contributed by atoms with Gasteiger partial charge in [-0.1, -0.05) is 6.08 Å². The first-order valence-corrected chi connectivity index (χ1v) is 8.46. The van der Waals surface area contributed by atoms with Crippen LogP contribution in [0.25, 0.3) is 0 Å². The summed E-state index contributed by atoms with van der Waals surface area (Å²) in [5, 5.41) is 0. The van der Waals surface area contributed by atoms with Gasteiger partial charge >= 0.3 is 0 Å². The van der Waals surface area contributed by atoms with E-state index in [2.05, 4.69) is 11.5 Å². The van der Waals surface area contributed by atoms with Gasteiger partial charge in [0.25, 0.3) is 0 Å². The number of carbonyl (C=O) groups is 1. The van der Waals surface area contributed by atoms with Crippen LogP contribution in [0.2, 0.25) is 0 Å². The summed E-state index contributed by atoms with van der Waals surface area (Å²) in [7, 11) is 0. The Labute approximate surface area is 132 Å². The normalized spacial score (nSPS) is 32.3. The second-order valence-electron chi connectivity index (χ2n) is 7.17. The Hall–Kier alpha value is -0.940. The lowest BCUT2D eigenvalue weighted by atomic mass is 9.77. The van der Waals surface area contributed by atoms with Crippen LogP contribution >= 0.6 is 0 Å². The van der Waals surface area contributed by atoms with Crippen molar-refractivity contribution in [2.75, 3.05) is 45.9 Å². The third-order valence-electron chi connectivity index (χ3n) is 5.47. The molecule has 3 rings (SSSR count). The molecular formula is C17H27FN2O2. The van der Waals surface area contributed by atoms with Gasteiger partial charge in [0.1, 0.15) is 6.17 Å². The van der Waals surface area contributed by atoms with Crippen LogP contribution in [0, 0.1) is 11.3 Å². The van der Waals surface area contributed by atoms with Crippen molar-refractivity contribution in [3.63, 3.8) is 0 Å². The predicted molar refractivity (Wildman–Crippen MR) is 83.3 cm³/mol. The van der Waals surface area contributed by atoms with Gasteiger partial charge in [-0.3, -0.25) is 9.69 Å². The Morgan fingerprint density at radius 2 is 2.05 bits per heavy atom. The van der Waals surface area contributed by atoms with Crippen molar-refractivity contribution in [3.8, 4) is 0 Å². The molecule has 22 heavy (non-hydrogen) atoms. The first kappa shape index (κ1) is 15.9. The van der Waals surface area contributed by atoms with Crippen LogP contribution in [0.4, 0.5) is 4.39 Å². The number of rotatable bonds is 3. The molecule has 2 aliphatic heterocycles. The molecule has 0 radical (unpaired) electrons. The summed E-state index contributed by atoms with van der Waals surface area (Å²) in [6, 6.07) is 0. The lowest BCUT2D eigenvalue weighted by molar-refractivity contribution is -0.143. The second kappa shape index (κ2) is 6.67. The van der Waals surface area contributed by atoms with Crippen molar-refractivity contribution in [3.05, 3.63) is 12.7 Å². The number of piperidine rings is 1. The number of carbonyl (C=O) groups excluding carboxylic acids is 1. The first-order chi connectivity index (χ1) is 10.6. The van der Waals surface area contributed by atoms with E-state index >= 15 is 0 Å². The van der Waals surface area contributed by atoms with Gasteiger partial charge in [-0.05, 0) is 25.7 Å². The molecule has 1 spiro atoms. The molecule has 1 saturated carbocycles. The van der Waals surface area contributed by atoms with Crippen LogP contribution in [-0.2, 0) is 9.53 Å². The molecule has 0 N–H and O–H groups in total. The molecule has 1 aliphatic carbocycles. The van der Waals surface area contributed by atoms with Gasteiger partial charge in [-0.2, -0.15) is 0 Å². The first-order valence-electron chi connectivity index (χ1n) is 8.46. The quantitative estimate of drug-likeness (QED) is 0.746. The average molecular weight is 310 g/mol. The molecule has 0 aromatic carbocycles. The van der Waals surface area contributed by atoms with Gasteiger partial charge in [0.2, 0.25) is 5.91 Å². The van der Waals surface area contributed by atoms with Gasteiger partial charge in [0.05, 0.1) is 13.2 Å². The molecule has 4 nitrogen and oxygen atoms in total. The third kappa shape index (κ3) is 3.35. The van der Waals surface area contributed by atoms with Gasteiger partial charge in [0, 0.05) is 44.1 Å².